The maximum absolute atomic E-state index is 12.6. The summed E-state index contributed by atoms with van der Waals surface area (Å²) in [7, 11) is 0. The van der Waals surface area contributed by atoms with Crippen molar-refractivity contribution in [1.29, 1.82) is 0 Å². The number of imidazole rings is 1. The van der Waals surface area contributed by atoms with Gasteiger partial charge in [0.15, 0.2) is 0 Å². The number of aryl methyl sites for hydroxylation is 1. The van der Waals surface area contributed by atoms with E-state index in [9.17, 15) is 9.90 Å². The molecule has 4 aromatic rings. The first kappa shape index (κ1) is 21.0. The van der Waals surface area contributed by atoms with Crippen LogP contribution in [-0.4, -0.2) is 38.6 Å². The maximum Gasteiger partial charge on any atom is 0.225 e. The number of phenols is 1. The van der Waals surface area contributed by atoms with Gasteiger partial charge >= 0.3 is 0 Å². The fourth-order valence-electron chi connectivity index (χ4n) is 5.16. The molecule has 1 aliphatic carbocycles. The van der Waals surface area contributed by atoms with Crippen molar-refractivity contribution < 1.29 is 9.90 Å². The van der Waals surface area contributed by atoms with Gasteiger partial charge in [0.05, 0.1) is 11.0 Å². The SMILES string of the molecule is Cc1ccc2nc(-c3ccc(-c4cccc(O)c4)cc3)n(C[C@@H]3CCN(C(=O)C4CC4)C3)c2c1. The lowest BCUT2D eigenvalue weighted by atomic mass is 10.0. The highest BCUT2D eigenvalue weighted by atomic mass is 16.3. The topological polar surface area (TPSA) is 58.4 Å². The third-order valence-corrected chi connectivity index (χ3v) is 7.19. The van der Waals surface area contributed by atoms with E-state index in [1.807, 2.05) is 12.1 Å². The number of amides is 1. The van der Waals surface area contributed by atoms with E-state index in [1.54, 1.807) is 12.1 Å². The first-order valence-corrected chi connectivity index (χ1v) is 12.2. The van der Waals surface area contributed by atoms with E-state index in [0.717, 1.165) is 72.4 Å². The monoisotopic (exact) mass is 451 g/mol. The Morgan fingerprint density at radius 3 is 2.53 bits per heavy atom. The van der Waals surface area contributed by atoms with Crippen molar-refractivity contribution in [1.82, 2.24) is 14.5 Å². The summed E-state index contributed by atoms with van der Waals surface area (Å²) in [6.07, 6.45) is 3.17. The Labute approximate surface area is 199 Å². The number of hydrogen-bond donors (Lipinski definition) is 1. The van der Waals surface area contributed by atoms with Crippen LogP contribution in [0.3, 0.4) is 0 Å². The highest BCUT2D eigenvalue weighted by Crippen LogP contribution is 2.34. The number of fused-ring (bicyclic) bond motifs is 1. The number of aromatic hydroxyl groups is 1. The van der Waals surface area contributed by atoms with E-state index >= 15 is 0 Å². The number of rotatable bonds is 5. The number of aromatic nitrogens is 2. The molecule has 1 aliphatic heterocycles. The fraction of sp³-hybridized carbons (Fsp3) is 0.310. The molecule has 172 valence electrons. The van der Waals surface area contributed by atoms with Crippen molar-refractivity contribution in [2.75, 3.05) is 13.1 Å². The molecule has 1 amide bonds. The molecule has 34 heavy (non-hydrogen) atoms. The van der Waals surface area contributed by atoms with Gasteiger partial charge in [0.2, 0.25) is 5.91 Å². The first-order chi connectivity index (χ1) is 16.5. The Balaban J connectivity index is 1.32. The van der Waals surface area contributed by atoms with Crippen molar-refractivity contribution >= 4 is 16.9 Å². The van der Waals surface area contributed by atoms with Gasteiger partial charge in [0.1, 0.15) is 11.6 Å². The molecule has 1 saturated carbocycles. The van der Waals surface area contributed by atoms with Gasteiger partial charge in [-0.05, 0) is 73.1 Å². The highest BCUT2D eigenvalue weighted by molar-refractivity contribution is 5.82. The van der Waals surface area contributed by atoms with Gasteiger partial charge in [0, 0.05) is 31.1 Å². The summed E-state index contributed by atoms with van der Waals surface area (Å²) in [5, 5.41) is 9.83. The summed E-state index contributed by atoms with van der Waals surface area (Å²) in [6, 6.07) is 22.2. The summed E-state index contributed by atoms with van der Waals surface area (Å²) in [5.41, 5.74) is 6.49. The quantitative estimate of drug-likeness (QED) is 0.427. The Hall–Kier alpha value is -3.60. The van der Waals surface area contributed by atoms with Crippen molar-refractivity contribution in [2.45, 2.75) is 32.7 Å². The van der Waals surface area contributed by atoms with Crippen molar-refractivity contribution in [3.8, 4) is 28.3 Å². The van der Waals surface area contributed by atoms with Crippen LogP contribution in [-0.2, 0) is 11.3 Å². The number of likely N-dealkylation sites (tertiary alicyclic amines) is 1. The summed E-state index contributed by atoms with van der Waals surface area (Å²) in [5.74, 6) is 2.32. The summed E-state index contributed by atoms with van der Waals surface area (Å²) < 4.78 is 2.35. The zero-order chi connectivity index (χ0) is 23.2. The normalized spacial score (nSPS) is 18.0. The molecule has 5 heteroatoms. The molecule has 1 aromatic heterocycles. The van der Waals surface area contributed by atoms with Crippen LogP contribution in [0, 0.1) is 18.8 Å². The van der Waals surface area contributed by atoms with Crippen LogP contribution in [0.1, 0.15) is 24.8 Å². The Bertz CT molecular complexity index is 1370. The number of phenolic OH excluding ortho intramolecular Hbond substituents is 1. The van der Waals surface area contributed by atoms with Crippen LogP contribution in [0.15, 0.2) is 66.7 Å². The maximum atomic E-state index is 12.6. The Morgan fingerprint density at radius 1 is 0.971 bits per heavy atom. The van der Waals surface area contributed by atoms with Gasteiger partial charge in [-0.1, -0.05) is 42.5 Å². The smallest absolute Gasteiger partial charge is 0.225 e. The van der Waals surface area contributed by atoms with Gasteiger partial charge in [-0.3, -0.25) is 4.79 Å². The second-order valence-corrected chi connectivity index (χ2v) is 9.88. The molecular formula is C29H29N3O2. The first-order valence-electron chi connectivity index (χ1n) is 12.2. The fourth-order valence-corrected chi connectivity index (χ4v) is 5.16. The van der Waals surface area contributed by atoms with E-state index in [0.29, 0.717) is 11.8 Å². The second kappa shape index (κ2) is 8.32. The van der Waals surface area contributed by atoms with Gasteiger partial charge in [-0.2, -0.15) is 0 Å². The summed E-state index contributed by atoms with van der Waals surface area (Å²) in [4.78, 5) is 19.7. The zero-order valence-corrected chi connectivity index (χ0v) is 19.4. The lowest BCUT2D eigenvalue weighted by Gasteiger charge is -2.18. The third-order valence-electron chi connectivity index (χ3n) is 7.19. The summed E-state index contributed by atoms with van der Waals surface area (Å²) >= 11 is 0. The van der Waals surface area contributed by atoms with Crippen molar-refractivity contribution in [2.24, 2.45) is 11.8 Å². The molecule has 2 fully saturated rings. The molecule has 0 bridgehead atoms. The number of carbonyl (C=O) groups is 1. The van der Waals surface area contributed by atoms with E-state index in [1.165, 1.54) is 5.56 Å². The minimum atomic E-state index is 0.268. The van der Waals surface area contributed by atoms with E-state index in [4.69, 9.17) is 4.98 Å². The van der Waals surface area contributed by atoms with Gasteiger partial charge in [-0.25, -0.2) is 4.98 Å². The van der Waals surface area contributed by atoms with Crippen LogP contribution in [0.2, 0.25) is 0 Å². The predicted molar refractivity (Wildman–Crippen MR) is 134 cm³/mol. The molecule has 2 heterocycles. The number of carbonyl (C=O) groups excluding carboxylic acids is 1. The predicted octanol–water partition coefficient (Wildman–Crippen LogP) is 5.64. The number of hydrogen-bond acceptors (Lipinski definition) is 3. The van der Waals surface area contributed by atoms with Crippen molar-refractivity contribution in [3.63, 3.8) is 0 Å². The third kappa shape index (κ3) is 3.96. The minimum Gasteiger partial charge on any atom is -0.508 e. The molecule has 6 rings (SSSR count). The molecule has 0 spiro atoms. The molecular weight excluding hydrogens is 422 g/mol. The highest BCUT2D eigenvalue weighted by Gasteiger charge is 2.36. The minimum absolute atomic E-state index is 0.268. The zero-order valence-electron chi connectivity index (χ0n) is 19.4. The number of benzene rings is 3. The van der Waals surface area contributed by atoms with Crippen LogP contribution in [0.5, 0.6) is 5.75 Å². The average Bonchev–Trinajstić information content (AvgIpc) is 3.50. The van der Waals surface area contributed by atoms with E-state index in [-0.39, 0.29) is 11.7 Å². The lowest BCUT2D eigenvalue weighted by Crippen LogP contribution is -2.30. The largest absolute Gasteiger partial charge is 0.508 e. The Kier molecular flexibility index (Phi) is 5.13. The van der Waals surface area contributed by atoms with Gasteiger partial charge < -0.3 is 14.6 Å². The molecule has 5 nitrogen and oxygen atoms in total. The number of nitrogens with zero attached hydrogens (tertiary/aromatic N) is 3. The molecule has 3 aromatic carbocycles. The average molecular weight is 452 g/mol. The molecule has 0 radical (unpaired) electrons. The van der Waals surface area contributed by atoms with E-state index in [2.05, 4.69) is 58.9 Å². The molecule has 0 unspecified atom stereocenters. The summed E-state index contributed by atoms with van der Waals surface area (Å²) in [6.45, 7) is 4.69. The van der Waals surface area contributed by atoms with Crippen LogP contribution >= 0.6 is 0 Å². The van der Waals surface area contributed by atoms with Gasteiger partial charge in [0.25, 0.3) is 0 Å². The standard InChI is InChI=1S/C29H29N3O2/c1-19-5-12-26-27(15-19)32(18-20-13-14-31(17-20)29(34)23-10-11-23)28(30-26)22-8-6-21(7-9-22)24-3-2-4-25(33)16-24/h2-9,12,15-16,20,23,33H,10-11,13-14,17-18H2,1H3/t20-/m1/s1. The molecule has 1 atom stereocenters. The molecule has 2 aliphatic rings. The van der Waals surface area contributed by atoms with E-state index < -0.39 is 0 Å². The molecule has 1 saturated heterocycles. The molecule has 1 N–H and O–H groups in total. The Morgan fingerprint density at radius 2 is 1.76 bits per heavy atom. The van der Waals surface area contributed by atoms with Gasteiger partial charge in [-0.15, -0.1) is 0 Å². The van der Waals surface area contributed by atoms with Crippen LogP contribution in [0.25, 0.3) is 33.5 Å². The van der Waals surface area contributed by atoms with Crippen LogP contribution < -0.4 is 0 Å². The van der Waals surface area contributed by atoms with Crippen LogP contribution in [0.4, 0.5) is 0 Å². The second-order valence-electron chi connectivity index (χ2n) is 9.88. The lowest BCUT2D eigenvalue weighted by molar-refractivity contribution is -0.131. The van der Waals surface area contributed by atoms with Crippen molar-refractivity contribution in [3.05, 3.63) is 72.3 Å².